The highest BCUT2D eigenvalue weighted by atomic mass is 32.2. The summed E-state index contributed by atoms with van der Waals surface area (Å²) in [4.78, 5) is 0. The Hall–Kier alpha value is -1.03. The second-order valence-electron chi connectivity index (χ2n) is 4.51. The van der Waals surface area contributed by atoms with E-state index in [1.807, 2.05) is 0 Å². The predicted octanol–water partition coefficient (Wildman–Crippen LogP) is 2.79. The van der Waals surface area contributed by atoms with Crippen LogP contribution in [0.4, 0.5) is 5.69 Å². The standard InChI is InChI=1S/C14H23NO2S/c1-4-13-7-8-14(11-12(13)3)15-9-6-10-18(16,17)5-2/h7-8,11,15H,4-6,9-10H2,1-3H3. The molecule has 3 nitrogen and oxygen atoms in total. The molecule has 1 aromatic rings. The molecule has 1 rings (SSSR count). The zero-order chi connectivity index (χ0) is 13.6. The van der Waals surface area contributed by atoms with Gasteiger partial charge in [0.25, 0.3) is 0 Å². The minimum absolute atomic E-state index is 0.233. The Labute approximate surface area is 111 Å². The van der Waals surface area contributed by atoms with Gasteiger partial charge in [-0.25, -0.2) is 8.42 Å². The Morgan fingerprint density at radius 3 is 2.50 bits per heavy atom. The molecular formula is C14H23NO2S. The van der Waals surface area contributed by atoms with E-state index in [-0.39, 0.29) is 11.5 Å². The van der Waals surface area contributed by atoms with E-state index >= 15 is 0 Å². The average molecular weight is 269 g/mol. The Morgan fingerprint density at radius 2 is 1.94 bits per heavy atom. The van der Waals surface area contributed by atoms with Crippen molar-refractivity contribution in [3.8, 4) is 0 Å². The molecule has 0 heterocycles. The fraction of sp³-hybridized carbons (Fsp3) is 0.571. The van der Waals surface area contributed by atoms with Crippen LogP contribution in [0.5, 0.6) is 0 Å². The molecule has 0 fully saturated rings. The van der Waals surface area contributed by atoms with Gasteiger partial charge in [-0.1, -0.05) is 19.9 Å². The molecule has 1 N–H and O–H groups in total. The van der Waals surface area contributed by atoms with Crippen LogP contribution < -0.4 is 5.32 Å². The van der Waals surface area contributed by atoms with E-state index in [1.165, 1.54) is 11.1 Å². The molecule has 0 unspecified atom stereocenters. The zero-order valence-corrected chi connectivity index (χ0v) is 12.3. The van der Waals surface area contributed by atoms with Gasteiger partial charge in [-0.05, 0) is 43.0 Å². The van der Waals surface area contributed by atoms with Gasteiger partial charge in [0.05, 0.1) is 5.75 Å². The molecule has 1 aromatic carbocycles. The van der Waals surface area contributed by atoms with Gasteiger partial charge in [-0.2, -0.15) is 0 Å². The van der Waals surface area contributed by atoms with Gasteiger partial charge in [0.2, 0.25) is 0 Å². The summed E-state index contributed by atoms with van der Waals surface area (Å²) in [6, 6.07) is 6.30. The molecule has 0 amide bonds. The topological polar surface area (TPSA) is 46.2 Å². The van der Waals surface area contributed by atoms with E-state index in [0.717, 1.165) is 12.1 Å². The molecule has 4 heteroatoms. The first-order chi connectivity index (χ1) is 8.48. The quantitative estimate of drug-likeness (QED) is 0.774. The summed E-state index contributed by atoms with van der Waals surface area (Å²) < 4.78 is 22.6. The van der Waals surface area contributed by atoms with Gasteiger partial charge in [0, 0.05) is 18.0 Å². The molecule has 0 aromatic heterocycles. The summed E-state index contributed by atoms with van der Waals surface area (Å²) in [6.45, 7) is 6.64. The molecule has 0 saturated carbocycles. The molecule has 0 aliphatic heterocycles. The highest BCUT2D eigenvalue weighted by Crippen LogP contribution is 2.15. The maximum Gasteiger partial charge on any atom is 0.150 e. The van der Waals surface area contributed by atoms with Crippen molar-refractivity contribution in [3.05, 3.63) is 29.3 Å². The predicted molar refractivity (Wildman–Crippen MR) is 78.0 cm³/mol. The van der Waals surface area contributed by atoms with Crippen LogP contribution in [0.15, 0.2) is 18.2 Å². The van der Waals surface area contributed by atoms with E-state index in [9.17, 15) is 8.42 Å². The van der Waals surface area contributed by atoms with Crippen molar-refractivity contribution in [2.75, 3.05) is 23.4 Å². The maximum atomic E-state index is 11.3. The van der Waals surface area contributed by atoms with Gasteiger partial charge in [-0.3, -0.25) is 0 Å². The minimum atomic E-state index is -2.83. The summed E-state index contributed by atoms with van der Waals surface area (Å²) >= 11 is 0. The lowest BCUT2D eigenvalue weighted by Crippen LogP contribution is -2.13. The van der Waals surface area contributed by atoms with Crippen LogP contribution in [0, 0.1) is 6.92 Å². The Bertz CT molecular complexity index is 481. The van der Waals surface area contributed by atoms with E-state index in [1.54, 1.807) is 6.92 Å². The van der Waals surface area contributed by atoms with E-state index in [4.69, 9.17) is 0 Å². The fourth-order valence-electron chi connectivity index (χ4n) is 1.87. The fourth-order valence-corrected chi connectivity index (χ4v) is 2.74. The second kappa shape index (κ2) is 6.78. The van der Waals surface area contributed by atoms with Gasteiger partial charge in [0.1, 0.15) is 9.84 Å². The van der Waals surface area contributed by atoms with Crippen LogP contribution in [0.25, 0.3) is 0 Å². The van der Waals surface area contributed by atoms with Crippen molar-refractivity contribution < 1.29 is 8.42 Å². The first-order valence-corrected chi connectivity index (χ1v) is 8.34. The van der Waals surface area contributed by atoms with Crippen molar-refractivity contribution in [1.82, 2.24) is 0 Å². The highest BCUT2D eigenvalue weighted by Gasteiger charge is 2.06. The minimum Gasteiger partial charge on any atom is -0.385 e. The van der Waals surface area contributed by atoms with Crippen LogP contribution in [-0.2, 0) is 16.3 Å². The molecule has 0 spiro atoms. The van der Waals surface area contributed by atoms with Crippen LogP contribution in [-0.4, -0.2) is 26.5 Å². The summed E-state index contributed by atoms with van der Waals surface area (Å²) in [6.07, 6.45) is 1.70. The van der Waals surface area contributed by atoms with E-state index in [0.29, 0.717) is 13.0 Å². The number of aryl methyl sites for hydroxylation is 2. The lowest BCUT2D eigenvalue weighted by atomic mass is 10.1. The van der Waals surface area contributed by atoms with Crippen LogP contribution in [0.2, 0.25) is 0 Å². The van der Waals surface area contributed by atoms with Gasteiger partial charge < -0.3 is 5.32 Å². The summed E-state index contributed by atoms with van der Waals surface area (Å²) in [5.74, 6) is 0.500. The number of rotatable bonds is 7. The molecule has 18 heavy (non-hydrogen) atoms. The molecule has 0 atom stereocenters. The van der Waals surface area contributed by atoms with Crippen LogP contribution in [0.3, 0.4) is 0 Å². The number of anilines is 1. The van der Waals surface area contributed by atoms with Crippen LogP contribution in [0.1, 0.15) is 31.4 Å². The number of hydrogen-bond acceptors (Lipinski definition) is 3. The first-order valence-electron chi connectivity index (χ1n) is 6.52. The molecule has 0 bridgehead atoms. The number of sulfone groups is 1. The Balaban J connectivity index is 2.43. The maximum absolute atomic E-state index is 11.3. The Kier molecular flexibility index (Phi) is 5.66. The smallest absolute Gasteiger partial charge is 0.150 e. The van der Waals surface area contributed by atoms with Crippen molar-refractivity contribution >= 4 is 15.5 Å². The Morgan fingerprint density at radius 1 is 1.22 bits per heavy atom. The summed E-state index contributed by atoms with van der Waals surface area (Å²) in [5, 5.41) is 3.27. The lowest BCUT2D eigenvalue weighted by Gasteiger charge is -2.09. The second-order valence-corrected chi connectivity index (χ2v) is 6.98. The monoisotopic (exact) mass is 269 g/mol. The molecule has 0 radical (unpaired) electrons. The molecular weight excluding hydrogens is 246 g/mol. The SMILES string of the molecule is CCc1ccc(NCCCS(=O)(=O)CC)cc1C. The van der Waals surface area contributed by atoms with Crippen molar-refractivity contribution in [3.63, 3.8) is 0 Å². The average Bonchev–Trinajstić information content (AvgIpc) is 2.35. The normalized spacial score (nSPS) is 11.5. The molecule has 102 valence electrons. The lowest BCUT2D eigenvalue weighted by molar-refractivity contribution is 0.595. The van der Waals surface area contributed by atoms with E-state index in [2.05, 4.69) is 37.4 Å². The first kappa shape index (κ1) is 15.0. The van der Waals surface area contributed by atoms with Crippen molar-refractivity contribution in [2.24, 2.45) is 0 Å². The van der Waals surface area contributed by atoms with Gasteiger partial charge in [-0.15, -0.1) is 0 Å². The zero-order valence-electron chi connectivity index (χ0n) is 11.5. The number of hydrogen-bond donors (Lipinski definition) is 1. The third-order valence-electron chi connectivity index (χ3n) is 3.12. The number of benzene rings is 1. The van der Waals surface area contributed by atoms with E-state index < -0.39 is 9.84 Å². The third-order valence-corrected chi connectivity index (χ3v) is 4.91. The summed E-state index contributed by atoms with van der Waals surface area (Å²) in [5.41, 5.74) is 3.70. The molecule has 0 saturated heterocycles. The molecule has 0 aliphatic rings. The third kappa shape index (κ3) is 4.69. The van der Waals surface area contributed by atoms with Gasteiger partial charge >= 0.3 is 0 Å². The van der Waals surface area contributed by atoms with Crippen LogP contribution >= 0.6 is 0 Å². The summed E-state index contributed by atoms with van der Waals surface area (Å²) in [7, 11) is -2.83. The van der Waals surface area contributed by atoms with Gasteiger partial charge in [0.15, 0.2) is 0 Å². The highest BCUT2D eigenvalue weighted by molar-refractivity contribution is 7.91. The van der Waals surface area contributed by atoms with Crippen molar-refractivity contribution in [2.45, 2.75) is 33.6 Å². The molecule has 0 aliphatic carbocycles. The largest absolute Gasteiger partial charge is 0.385 e. The van der Waals surface area contributed by atoms with Crippen molar-refractivity contribution in [1.29, 1.82) is 0 Å². The number of nitrogens with one attached hydrogen (secondary N) is 1.